The molecule has 1 aromatic rings. The SMILES string of the molecule is Cl.N[C@H](CC(F)F)c1ccc(Cl)c(F)c1. The second-order valence-electron chi connectivity index (χ2n) is 2.91. The van der Waals surface area contributed by atoms with E-state index in [2.05, 4.69) is 0 Å². The maximum Gasteiger partial charge on any atom is 0.240 e. The lowest BCUT2D eigenvalue weighted by molar-refractivity contribution is 0.128. The van der Waals surface area contributed by atoms with Crippen molar-refractivity contribution in [2.45, 2.75) is 18.9 Å². The van der Waals surface area contributed by atoms with Crippen LogP contribution in [-0.4, -0.2) is 6.43 Å². The van der Waals surface area contributed by atoms with Gasteiger partial charge in [0.25, 0.3) is 0 Å². The number of hydrogen-bond acceptors (Lipinski definition) is 1. The van der Waals surface area contributed by atoms with Gasteiger partial charge in [0, 0.05) is 12.5 Å². The van der Waals surface area contributed by atoms with Crippen LogP contribution in [0.5, 0.6) is 0 Å². The summed E-state index contributed by atoms with van der Waals surface area (Å²) in [6, 6.07) is 2.97. The van der Waals surface area contributed by atoms with Gasteiger partial charge in [-0.1, -0.05) is 17.7 Å². The molecule has 0 aliphatic carbocycles. The Bertz CT molecular complexity index is 320. The Labute approximate surface area is 96.8 Å². The van der Waals surface area contributed by atoms with Gasteiger partial charge in [0.2, 0.25) is 6.43 Å². The molecule has 0 unspecified atom stereocenters. The van der Waals surface area contributed by atoms with E-state index in [0.29, 0.717) is 5.56 Å². The Hall–Kier alpha value is -0.450. The molecule has 0 bridgehead atoms. The second kappa shape index (κ2) is 6.20. The molecule has 0 radical (unpaired) electrons. The van der Waals surface area contributed by atoms with Gasteiger partial charge in [-0.3, -0.25) is 0 Å². The summed E-state index contributed by atoms with van der Waals surface area (Å²) in [7, 11) is 0. The minimum Gasteiger partial charge on any atom is -0.324 e. The third kappa shape index (κ3) is 4.28. The highest BCUT2D eigenvalue weighted by atomic mass is 35.5. The molecule has 0 saturated heterocycles. The molecule has 0 saturated carbocycles. The number of hydrogen-bond donors (Lipinski definition) is 1. The fraction of sp³-hybridized carbons (Fsp3) is 0.333. The maximum absolute atomic E-state index is 12.9. The van der Waals surface area contributed by atoms with Crippen molar-refractivity contribution in [3.8, 4) is 0 Å². The van der Waals surface area contributed by atoms with E-state index in [9.17, 15) is 13.2 Å². The van der Waals surface area contributed by atoms with Crippen molar-refractivity contribution in [2.75, 3.05) is 0 Å². The predicted molar refractivity (Wildman–Crippen MR) is 56.2 cm³/mol. The van der Waals surface area contributed by atoms with Crippen molar-refractivity contribution in [1.29, 1.82) is 0 Å². The zero-order valence-electron chi connectivity index (χ0n) is 7.59. The van der Waals surface area contributed by atoms with Crippen LogP contribution in [-0.2, 0) is 0 Å². The smallest absolute Gasteiger partial charge is 0.240 e. The zero-order chi connectivity index (χ0) is 10.7. The lowest BCUT2D eigenvalue weighted by Crippen LogP contribution is -2.14. The Kier molecular flexibility index (Phi) is 6.02. The number of alkyl halides is 2. The molecule has 6 heteroatoms. The van der Waals surface area contributed by atoms with Gasteiger partial charge >= 0.3 is 0 Å². The lowest BCUT2D eigenvalue weighted by atomic mass is 10.1. The molecule has 0 fully saturated rings. The molecule has 0 spiro atoms. The van der Waals surface area contributed by atoms with Gasteiger partial charge in [-0.15, -0.1) is 12.4 Å². The molecule has 1 nitrogen and oxygen atoms in total. The maximum atomic E-state index is 12.9. The third-order valence-electron chi connectivity index (χ3n) is 1.80. The molecule has 1 atom stereocenters. The van der Waals surface area contributed by atoms with E-state index in [0.717, 1.165) is 6.07 Å². The summed E-state index contributed by atoms with van der Waals surface area (Å²) >= 11 is 5.43. The largest absolute Gasteiger partial charge is 0.324 e. The first-order valence-electron chi connectivity index (χ1n) is 3.99. The molecular formula is C9H10Cl2F3N. The van der Waals surface area contributed by atoms with E-state index in [1.807, 2.05) is 0 Å². The Morgan fingerprint density at radius 1 is 1.33 bits per heavy atom. The molecule has 0 aliphatic heterocycles. The molecular weight excluding hydrogens is 250 g/mol. The highest BCUT2D eigenvalue weighted by Gasteiger charge is 2.14. The van der Waals surface area contributed by atoms with Crippen molar-refractivity contribution in [1.82, 2.24) is 0 Å². The number of halogens is 5. The van der Waals surface area contributed by atoms with Gasteiger partial charge < -0.3 is 5.73 Å². The Balaban J connectivity index is 0.00000196. The van der Waals surface area contributed by atoms with Crippen LogP contribution in [0.2, 0.25) is 5.02 Å². The van der Waals surface area contributed by atoms with Gasteiger partial charge in [0.15, 0.2) is 0 Å². The number of nitrogens with two attached hydrogens (primary N) is 1. The lowest BCUT2D eigenvalue weighted by Gasteiger charge is -2.11. The van der Waals surface area contributed by atoms with Gasteiger partial charge in [-0.05, 0) is 17.7 Å². The average Bonchev–Trinajstić information content (AvgIpc) is 2.08. The van der Waals surface area contributed by atoms with Gasteiger partial charge in [0.1, 0.15) is 5.82 Å². The fourth-order valence-electron chi connectivity index (χ4n) is 1.07. The highest BCUT2D eigenvalue weighted by molar-refractivity contribution is 6.30. The summed E-state index contributed by atoms with van der Waals surface area (Å²) in [6.07, 6.45) is -2.98. The average molecular weight is 260 g/mol. The van der Waals surface area contributed by atoms with Crippen LogP contribution in [0.1, 0.15) is 18.0 Å². The summed E-state index contributed by atoms with van der Waals surface area (Å²) in [4.78, 5) is 0. The molecule has 15 heavy (non-hydrogen) atoms. The Morgan fingerprint density at radius 3 is 2.40 bits per heavy atom. The first-order valence-corrected chi connectivity index (χ1v) is 4.37. The highest BCUT2D eigenvalue weighted by Crippen LogP contribution is 2.22. The topological polar surface area (TPSA) is 26.0 Å². The van der Waals surface area contributed by atoms with Crippen LogP contribution in [0.3, 0.4) is 0 Å². The van der Waals surface area contributed by atoms with Crippen LogP contribution in [0.4, 0.5) is 13.2 Å². The number of rotatable bonds is 3. The van der Waals surface area contributed by atoms with Gasteiger partial charge in [-0.25, -0.2) is 13.2 Å². The third-order valence-corrected chi connectivity index (χ3v) is 2.11. The normalized spacial score (nSPS) is 12.4. The van der Waals surface area contributed by atoms with Crippen LogP contribution >= 0.6 is 24.0 Å². The van der Waals surface area contributed by atoms with E-state index in [1.54, 1.807) is 0 Å². The van der Waals surface area contributed by atoms with E-state index >= 15 is 0 Å². The summed E-state index contributed by atoms with van der Waals surface area (Å²) < 4.78 is 36.8. The molecule has 86 valence electrons. The first kappa shape index (κ1) is 14.6. The summed E-state index contributed by atoms with van der Waals surface area (Å²) in [6.45, 7) is 0. The van der Waals surface area contributed by atoms with Crippen LogP contribution in [0.25, 0.3) is 0 Å². The van der Waals surface area contributed by atoms with Crippen molar-refractivity contribution in [3.05, 3.63) is 34.6 Å². The van der Waals surface area contributed by atoms with Crippen molar-refractivity contribution in [2.24, 2.45) is 5.73 Å². The molecule has 0 aliphatic rings. The quantitative estimate of drug-likeness (QED) is 0.883. The summed E-state index contributed by atoms with van der Waals surface area (Å²) in [5, 5.41) is -0.0435. The Morgan fingerprint density at radius 2 is 1.93 bits per heavy atom. The van der Waals surface area contributed by atoms with Gasteiger partial charge in [-0.2, -0.15) is 0 Å². The molecule has 1 aromatic carbocycles. The van der Waals surface area contributed by atoms with Crippen molar-refractivity contribution < 1.29 is 13.2 Å². The fourth-order valence-corrected chi connectivity index (χ4v) is 1.19. The van der Waals surface area contributed by atoms with Crippen LogP contribution in [0, 0.1) is 5.82 Å². The van der Waals surface area contributed by atoms with Crippen LogP contribution < -0.4 is 5.73 Å². The second-order valence-corrected chi connectivity index (χ2v) is 3.31. The minimum absolute atomic E-state index is 0. The molecule has 0 aromatic heterocycles. The predicted octanol–water partition coefficient (Wildman–Crippen LogP) is 3.56. The van der Waals surface area contributed by atoms with E-state index < -0.39 is 24.7 Å². The van der Waals surface area contributed by atoms with E-state index in [1.165, 1.54) is 12.1 Å². The van der Waals surface area contributed by atoms with E-state index in [-0.39, 0.29) is 17.4 Å². The zero-order valence-corrected chi connectivity index (χ0v) is 9.16. The van der Waals surface area contributed by atoms with Crippen LogP contribution in [0.15, 0.2) is 18.2 Å². The minimum atomic E-state index is -2.50. The first-order chi connectivity index (χ1) is 6.50. The molecule has 0 amide bonds. The monoisotopic (exact) mass is 259 g/mol. The van der Waals surface area contributed by atoms with E-state index in [4.69, 9.17) is 17.3 Å². The summed E-state index contributed by atoms with van der Waals surface area (Å²) in [5.74, 6) is -0.645. The standard InChI is InChI=1S/C9H9ClF3N.ClH/c10-6-2-1-5(3-7(6)11)8(14)4-9(12)13;/h1-3,8-9H,4,14H2;1H/t8-;/m1./s1. The molecule has 1 rings (SSSR count). The summed E-state index contributed by atoms with van der Waals surface area (Å²) in [5.41, 5.74) is 5.75. The number of benzene rings is 1. The molecule has 0 heterocycles. The van der Waals surface area contributed by atoms with Crippen molar-refractivity contribution >= 4 is 24.0 Å². The van der Waals surface area contributed by atoms with Crippen molar-refractivity contribution in [3.63, 3.8) is 0 Å². The van der Waals surface area contributed by atoms with Gasteiger partial charge in [0.05, 0.1) is 5.02 Å². The molecule has 2 N–H and O–H groups in total.